The van der Waals surface area contributed by atoms with Crippen molar-refractivity contribution in [2.45, 2.75) is 26.8 Å². The van der Waals surface area contributed by atoms with Crippen LogP contribution in [-0.4, -0.2) is 23.9 Å². The Morgan fingerprint density at radius 3 is 2.56 bits per heavy atom. The van der Waals surface area contributed by atoms with E-state index in [1.54, 1.807) is 11.0 Å². The number of hydrogen-bond donors (Lipinski definition) is 0. The van der Waals surface area contributed by atoms with E-state index in [-0.39, 0.29) is 11.9 Å². The molecule has 86 valence electrons. The van der Waals surface area contributed by atoms with Crippen LogP contribution in [0.4, 0.5) is 0 Å². The summed E-state index contributed by atoms with van der Waals surface area (Å²) in [6.45, 7) is 9.76. The van der Waals surface area contributed by atoms with E-state index >= 15 is 0 Å². The van der Waals surface area contributed by atoms with Gasteiger partial charge in [0.1, 0.15) is 0 Å². The molecule has 0 aliphatic rings. The Morgan fingerprint density at radius 2 is 2.06 bits per heavy atom. The van der Waals surface area contributed by atoms with Gasteiger partial charge in [0.2, 0.25) is 0 Å². The number of aryl methyl sites for hydroxylation is 1. The van der Waals surface area contributed by atoms with E-state index in [1.807, 2.05) is 46.0 Å². The van der Waals surface area contributed by atoms with E-state index < -0.39 is 0 Å². The molecular formula is C14H19NO. The number of rotatable bonds is 3. The molecule has 2 heteroatoms. The molecule has 0 N–H and O–H groups in total. The first-order valence-electron chi connectivity index (χ1n) is 5.48. The predicted molar refractivity (Wildman–Crippen MR) is 68.5 cm³/mol. The number of amides is 1. The lowest BCUT2D eigenvalue weighted by Crippen LogP contribution is -2.33. The second-order valence-electron chi connectivity index (χ2n) is 4.25. The Bertz CT molecular complexity index is 407. The molecule has 0 radical (unpaired) electrons. The first-order chi connectivity index (χ1) is 7.49. The Kier molecular flexibility index (Phi) is 3.88. The van der Waals surface area contributed by atoms with Crippen molar-refractivity contribution >= 4 is 12.0 Å². The van der Waals surface area contributed by atoms with Crippen molar-refractivity contribution in [2.75, 3.05) is 7.05 Å². The van der Waals surface area contributed by atoms with Crippen LogP contribution in [0, 0.1) is 6.92 Å². The molecule has 0 atom stereocenters. The summed E-state index contributed by atoms with van der Waals surface area (Å²) in [6, 6.07) is 5.95. The third-order valence-corrected chi connectivity index (χ3v) is 2.85. The van der Waals surface area contributed by atoms with Gasteiger partial charge in [0.25, 0.3) is 5.91 Å². The van der Waals surface area contributed by atoms with E-state index in [1.165, 1.54) is 0 Å². The number of carbonyl (C=O) groups excluding carboxylic acids is 1. The van der Waals surface area contributed by atoms with Crippen molar-refractivity contribution in [3.8, 4) is 0 Å². The fourth-order valence-corrected chi connectivity index (χ4v) is 1.56. The molecule has 0 unspecified atom stereocenters. The van der Waals surface area contributed by atoms with Crippen LogP contribution in [0.3, 0.4) is 0 Å². The Labute approximate surface area is 97.6 Å². The maximum Gasteiger partial charge on any atom is 0.254 e. The highest BCUT2D eigenvalue weighted by atomic mass is 16.2. The van der Waals surface area contributed by atoms with Gasteiger partial charge < -0.3 is 4.90 Å². The molecule has 0 spiro atoms. The second-order valence-corrected chi connectivity index (χ2v) is 4.25. The summed E-state index contributed by atoms with van der Waals surface area (Å²) in [6.07, 6.45) is 1.75. The molecule has 2 nitrogen and oxygen atoms in total. The largest absolute Gasteiger partial charge is 0.339 e. The molecule has 0 aliphatic heterocycles. The quantitative estimate of drug-likeness (QED) is 0.761. The molecule has 0 saturated heterocycles. The van der Waals surface area contributed by atoms with Gasteiger partial charge in [-0.05, 0) is 38.0 Å². The predicted octanol–water partition coefficient (Wildman–Crippen LogP) is 3.12. The summed E-state index contributed by atoms with van der Waals surface area (Å²) in [5.41, 5.74) is 2.74. The fourth-order valence-electron chi connectivity index (χ4n) is 1.56. The van der Waals surface area contributed by atoms with Gasteiger partial charge in [0.15, 0.2) is 0 Å². The third kappa shape index (κ3) is 2.32. The van der Waals surface area contributed by atoms with E-state index in [4.69, 9.17) is 0 Å². The van der Waals surface area contributed by atoms with Crippen molar-refractivity contribution < 1.29 is 4.79 Å². The normalized spacial score (nSPS) is 10.3. The SMILES string of the molecule is C=Cc1c(C)cccc1C(=O)N(C)C(C)C. The van der Waals surface area contributed by atoms with E-state index in [9.17, 15) is 4.79 Å². The highest BCUT2D eigenvalue weighted by Crippen LogP contribution is 2.17. The van der Waals surface area contributed by atoms with Crippen LogP contribution >= 0.6 is 0 Å². The van der Waals surface area contributed by atoms with Crippen molar-refractivity contribution in [2.24, 2.45) is 0 Å². The molecule has 0 heterocycles. The van der Waals surface area contributed by atoms with Gasteiger partial charge in [-0.3, -0.25) is 4.79 Å². The summed E-state index contributed by atoms with van der Waals surface area (Å²) >= 11 is 0. The maximum atomic E-state index is 12.2. The molecule has 0 aromatic heterocycles. The highest BCUT2D eigenvalue weighted by molar-refractivity contribution is 5.98. The molecule has 0 saturated carbocycles. The minimum absolute atomic E-state index is 0.0496. The first-order valence-corrected chi connectivity index (χ1v) is 5.48. The number of hydrogen-bond acceptors (Lipinski definition) is 1. The van der Waals surface area contributed by atoms with Crippen molar-refractivity contribution in [3.05, 3.63) is 41.5 Å². The average Bonchev–Trinajstić information content (AvgIpc) is 2.26. The highest BCUT2D eigenvalue weighted by Gasteiger charge is 2.17. The minimum Gasteiger partial charge on any atom is -0.339 e. The van der Waals surface area contributed by atoms with Crippen molar-refractivity contribution in [1.29, 1.82) is 0 Å². The lowest BCUT2D eigenvalue weighted by molar-refractivity contribution is 0.0754. The second kappa shape index (κ2) is 4.97. The molecule has 0 fully saturated rings. The smallest absolute Gasteiger partial charge is 0.254 e. The summed E-state index contributed by atoms with van der Waals surface area (Å²) in [5, 5.41) is 0. The fraction of sp³-hybridized carbons (Fsp3) is 0.357. The third-order valence-electron chi connectivity index (χ3n) is 2.85. The Morgan fingerprint density at radius 1 is 1.44 bits per heavy atom. The van der Waals surface area contributed by atoms with Gasteiger partial charge in [-0.15, -0.1) is 0 Å². The average molecular weight is 217 g/mol. The number of carbonyl (C=O) groups is 1. The number of benzene rings is 1. The van der Waals surface area contributed by atoms with E-state index in [0.717, 1.165) is 16.7 Å². The zero-order valence-electron chi connectivity index (χ0n) is 10.4. The molecular weight excluding hydrogens is 198 g/mol. The molecule has 0 aliphatic carbocycles. The van der Waals surface area contributed by atoms with Crippen LogP contribution in [-0.2, 0) is 0 Å². The van der Waals surface area contributed by atoms with Crippen LogP contribution < -0.4 is 0 Å². The van der Waals surface area contributed by atoms with Gasteiger partial charge in [0, 0.05) is 18.7 Å². The lowest BCUT2D eigenvalue weighted by Gasteiger charge is -2.22. The van der Waals surface area contributed by atoms with Crippen molar-refractivity contribution in [3.63, 3.8) is 0 Å². The Hall–Kier alpha value is -1.57. The van der Waals surface area contributed by atoms with Crippen LogP contribution in [0.25, 0.3) is 6.08 Å². The van der Waals surface area contributed by atoms with Gasteiger partial charge in [-0.25, -0.2) is 0 Å². The topological polar surface area (TPSA) is 20.3 Å². The van der Waals surface area contributed by atoms with E-state index in [2.05, 4.69) is 6.58 Å². The molecule has 1 aromatic carbocycles. The monoisotopic (exact) mass is 217 g/mol. The van der Waals surface area contributed by atoms with Gasteiger partial charge in [-0.1, -0.05) is 24.8 Å². The summed E-state index contributed by atoms with van der Waals surface area (Å²) in [5.74, 6) is 0.0496. The van der Waals surface area contributed by atoms with Crippen LogP contribution in [0.1, 0.15) is 35.3 Å². The standard InChI is InChI=1S/C14H19NO/c1-6-12-11(4)8-7-9-13(12)14(16)15(5)10(2)3/h6-10H,1H2,2-5H3. The summed E-state index contributed by atoms with van der Waals surface area (Å²) in [4.78, 5) is 13.9. The molecule has 1 aromatic rings. The summed E-state index contributed by atoms with van der Waals surface area (Å²) < 4.78 is 0. The lowest BCUT2D eigenvalue weighted by atomic mass is 10.0. The minimum atomic E-state index is 0.0496. The van der Waals surface area contributed by atoms with Gasteiger partial charge >= 0.3 is 0 Å². The first kappa shape index (κ1) is 12.5. The molecule has 1 rings (SSSR count). The van der Waals surface area contributed by atoms with Crippen LogP contribution in [0.15, 0.2) is 24.8 Å². The van der Waals surface area contributed by atoms with Crippen molar-refractivity contribution in [1.82, 2.24) is 4.90 Å². The molecule has 16 heavy (non-hydrogen) atoms. The van der Waals surface area contributed by atoms with E-state index in [0.29, 0.717) is 0 Å². The van der Waals surface area contributed by atoms with Gasteiger partial charge in [0.05, 0.1) is 0 Å². The number of nitrogens with zero attached hydrogens (tertiary/aromatic N) is 1. The van der Waals surface area contributed by atoms with Crippen LogP contribution in [0.5, 0.6) is 0 Å². The Balaban J connectivity index is 3.18. The molecule has 0 bridgehead atoms. The van der Waals surface area contributed by atoms with Crippen LogP contribution in [0.2, 0.25) is 0 Å². The maximum absolute atomic E-state index is 12.2. The zero-order chi connectivity index (χ0) is 12.3. The zero-order valence-corrected chi connectivity index (χ0v) is 10.4. The molecule has 1 amide bonds. The van der Waals surface area contributed by atoms with Gasteiger partial charge in [-0.2, -0.15) is 0 Å². The summed E-state index contributed by atoms with van der Waals surface area (Å²) in [7, 11) is 1.82.